The van der Waals surface area contributed by atoms with Crippen LogP contribution in [0.15, 0.2) is 0 Å². The van der Waals surface area contributed by atoms with E-state index in [1.165, 1.54) is 0 Å². The molecule has 0 fully saturated rings. The Hall–Kier alpha value is -1.32. The zero-order valence-corrected chi connectivity index (χ0v) is 15.2. The van der Waals surface area contributed by atoms with Gasteiger partial charge in [0, 0.05) is 6.61 Å². The molecule has 0 saturated carbocycles. The van der Waals surface area contributed by atoms with E-state index < -0.39 is 57.0 Å². The van der Waals surface area contributed by atoms with Crippen molar-refractivity contribution in [3.05, 3.63) is 0 Å². The van der Waals surface area contributed by atoms with Gasteiger partial charge in [0.05, 0.1) is 0 Å². The van der Waals surface area contributed by atoms with E-state index in [1.54, 1.807) is 6.92 Å². The number of nitrogens with two attached hydrogens (primary N) is 1. The second-order valence-corrected chi connectivity index (χ2v) is 6.92. The highest BCUT2D eigenvalue weighted by Crippen LogP contribution is 2.64. The highest BCUT2D eigenvalue weighted by Gasteiger charge is 2.96. The van der Waals surface area contributed by atoms with Crippen molar-refractivity contribution < 1.29 is 88.2 Å². The number of sulfonamides is 1. The van der Waals surface area contributed by atoms with Crippen molar-refractivity contribution in [2.45, 2.75) is 53.9 Å². The third-order valence-electron chi connectivity index (χ3n) is 3.05. The standard InChI is InChI=1S/C8H2F17NO2S.C2H6O/c9-1(10,3(13,14)5(17,18)7(21,22)23)2(11,12)4(15,16)6(19,20)8(24,25)29(26,27)28;1-2-3/h(H2,26,27,28);3H,2H2,1H3. The van der Waals surface area contributed by atoms with Gasteiger partial charge in [-0.2, -0.15) is 74.6 Å². The number of halogens is 17. The maximum absolute atomic E-state index is 13.1. The molecule has 0 radical (unpaired) electrons. The minimum atomic E-state index is -8.84. The van der Waals surface area contributed by atoms with Crippen LogP contribution in [0.25, 0.3) is 0 Å². The fourth-order valence-electron chi connectivity index (χ4n) is 1.33. The third kappa shape index (κ3) is 4.40. The SMILES string of the molecule is CCO.NS(=O)(=O)C(F)(F)C(F)(F)C(F)(F)C(F)(F)C(F)(F)C(F)(F)C(F)(F)C(F)(F)F. The zero-order chi connectivity index (χ0) is 27.2. The van der Waals surface area contributed by atoms with Crippen LogP contribution in [0.1, 0.15) is 6.92 Å². The van der Waals surface area contributed by atoms with E-state index >= 15 is 0 Å². The first-order valence-electron chi connectivity index (χ1n) is 6.76. The summed E-state index contributed by atoms with van der Waals surface area (Å²) in [4.78, 5) is 0. The second-order valence-electron chi connectivity index (χ2n) is 5.32. The lowest BCUT2D eigenvalue weighted by atomic mass is 9.91. The molecule has 0 aliphatic carbocycles. The Morgan fingerprint density at radius 2 is 0.750 bits per heavy atom. The van der Waals surface area contributed by atoms with Gasteiger partial charge in [0.15, 0.2) is 0 Å². The van der Waals surface area contributed by atoms with E-state index in [9.17, 15) is 83.1 Å². The van der Waals surface area contributed by atoms with Gasteiger partial charge in [-0.25, -0.2) is 13.6 Å². The minimum Gasteiger partial charge on any atom is -0.397 e. The second kappa shape index (κ2) is 8.47. The molecule has 0 saturated heterocycles. The Balaban J connectivity index is 0. The highest BCUT2D eigenvalue weighted by atomic mass is 32.2. The topological polar surface area (TPSA) is 80.4 Å². The molecule has 0 unspecified atom stereocenters. The molecule has 0 rings (SSSR count). The lowest BCUT2D eigenvalue weighted by molar-refractivity contribution is -0.458. The number of aliphatic hydroxyl groups excluding tert-OH is 1. The first kappa shape index (κ1) is 32.9. The average molecular weight is 545 g/mol. The van der Waals surface area contributed by atoms with Crippen LogP contribution >= 0.6 is 0 Å². The van der Waals surface area contributed by atoms with Crippen LogP contribution in [0, 0.1) is 0 Å². The van der Waals surface area contributed by atoms with Gasteiger partial charge in [0.1, 0.15) is 0 Å². The first-order chi connectivity index (χ1) is 13.4. The van der Waals surface area contributed by atoms with Crippen molar-refractivity contribution in [3.8, 4) is 0 Å². The first-order valence-corrected chi connectivity index (χ1v) is 8.31. The van der Waals surface area contributed by atoms with E-state index in [2.05, 4.69) is 5.14 Å². The van der Waals surface area contributed by atoms with Crippen LogP contribution < -0.4 is 5.14 Å². The molecule has 32 heavy (non-hydrogen) atoms. The van der Waals surface area contributed by atoms with Crippen LogP contribution in [0.4, 0.5) is 74.6 Å². The molecule has 0 spiro atoms. The molecule has 0 amide bonds. The van der Waals surface area contributed by atoms with E-state index in [1.807, 2.05) is 0 Å². The van der Waals surface area contributed by atoms with Crippen LogP contribution in [-0.2, 0) is 10.0 Å². The summed E-state index contributed by atoms with van der Waals surface area (Å²) >= 11 is 0. The zero-order valence-electron chi connectivity index (χ0n) is 14.4. The predicted molar refractivity (Wildman–Crippen MR) is 66.6 cm³/mol. The molecule has 0 aromatic heterocycles. The van der Waals surface area contributed by atoms with Crippen LogP contribution in [-0.4, -0.2) is 67.1 Å². The normalized spacial score (nSPS) is 15.9. The molecule has 4 nitrogen and oxygen atoms in total. The fraction of sp³-hybridized carbons (Fsp3) is 1.00. The van der Waals surface area contributed by atoms with Crippen molar-refractivity contribution in [3.63, 3.8) is 0 Å². The molecular formula is C10H8F17NO3S. The summed E-state index contributed by atoms with van der Waals surface area (Å²) in [5.74, 6) is -51.6. The van der Waals surface area contributed by atoms with Crippen molar-refractivity contribution >= 4 is 10.0 Å². The van der Waals surface area contributed by atoms with Gasteiger partial charge >= 0.3 is 47.0 Å². The maximum Gasteiger partial charge on any atom is 0.460 e. The summed E-state index contributed by atoms with van der Waals surface area (Å²) in [6.45, 7) is 1.93. The number of hydrogen-bond donors (Lipinski definition) is 2. The van der Waals surface area contributed by atoms with E-state index in [0.717, 1.165) is 0 Å². The molecule has 0 aliphatic heterocycles. The third-order valence-corrected chi connectivity index (χ3v) is 4.02. The van der Waals surface area contributed by atoms with Gasteiger partial charge in [-0.1, -0.05) is 0 Å². The van der Waals surface area contributed by atoms with Gasteiger partial charge in [0.2, 0.25) is 0 Å². The molecule has 0 bridgehead atoms. The van der Waals surface area contributed by atoms with E-state index in [0.29, 0.717) is 0 Å². The van der Waals surface area contributed by atoms with Gasteiger partial charge in [0.25, 0.3) is 10.0 Å². The largest absolute Gasteiger partial charge is 0.460 e. The van der Waals surface area contributed by atoms with Crippen molar-refractivity contribution in [1.82, 2.24) is 0 Å². The summed E-state index contributed by atoms with van der Waals surface area (Å²) in [6, 6.07) is 0. The quantitative estimate of drug-likeness (QED) is 0.470. The molecular weight excluding hydrogens is 537 g/mol. The summed E-state index contributed by atoms with van der Waals surface area (Å²) in [5.41, 5.74) is 0. The Kier molecular flexibility index (Phi) is 8.70. The number of rotatable bonds is 7. The van der Waals surface area contributed by atoms with Crippen molar-refractivity contribution in [1.29, 1.82) is 0 Å². The van der Waals surface area contributed by atoms with Gasteiger partial charge in [-0.3, -0.25) is 0 Å². The van der Waals surface area contributed by atoms with Gasteiger partial charge in [-0.05, 0) is 6.92 Å². The van der Waals surface area contributed by atoms with Gasteiger partial charge in [-0.15, -0.1) is 0 Å². The number of alkyl halides is 17. The molecule has 0 aromatic rings. The lowest BCUT2D eigenvalue weighted by Gasteiger charge is -2.42. The minimum absolute atomic E-state index is 0.250. The molecule has 0 aromatic carbocycles. The Bertz CT molecular complexity index is 757. The summed E-state index contributed by atoms with van der Waals surface area (Å²) in [5, 5.41) is 3.27. The molecule has 3 N–H and O–H groups in total. The van der Waals surface area contributed by atoms with Crippen LogP contribution in [0.3, 0.4) is 0 Å². The Morgan fingerprint density at radius 1 is 0.562 bits per heavy atom. The highest BCUT2D eigenvalue weighted by molar-refractivity contribution is 7.90. The molecule has 22 heteroatoms. The Morgan fingerprint density at radius 3 is 0.938 bits per heavy atom. The van der Waals surface area contributed by atoms with E-state index in [4.69, 9.17) is 5.11 Å². The summed E-state index contributed by atoms with van der Waals surface area (Å²) < 4.78 is 236. The summed E-state index contributed by atoms with van der Waals surface area (Å²) in [6.07, 6.45) is -7.86. The smallest absolute Gasteiger partial charge is 0.397 e. The fourth-order valence-corrected chi connectivity index (χ4v) is 1.81. The van der Waals surface area contributed by atoms with Crippen molar-refractivity contribution in [2.75, 3.05) is 6.61 Å². The average Bonchev–Trinajstić information content (AvgIpc) is 2.52. The molecule has 0 heterocycles. The van der Waals surface area contributed by atoms with Crippen molar-refractivity contribution in [2.24, 2.45) is 5.14 Å². The number of aliphatic hydroxyl groups is 1. The van der Waals surface area contributed by atoms with Gasteiger partial charge < -0.3 is 5.11 Å². The molecule has 0 atom stereocenters. The van der Waals surface area contributed by atoms with E-state index in [-0.39, 0.29) is 6.61 Å². The molecule has 196 valence electrons. The monoisotopic (exact) mass is 545 g/mol. The predicted octanol–water partition coefficient (Wildman–Crippen LogP) is 4.24. The maximum atomic E-state index is 13.1. The molecule has 0 aliphatic rings. The number of hydrogen-bond acceptors (Lipinski definition) is 3. The number of primary sulfonamides is 1. The summed E-state index contributed by atoms with van der Waals surface area (Å²) in [7, 11) is -7.39. The van der Waals surface area contributed by atoms with Crippen LogP contribution in [0.2, 0.25) is 0 Å². The Labute approximate surface area is 165 Å². The van der Waals surface area contributed by atoms with Crippen LogP contribution in [0.5, 0.6) is 0 Å². The lowest BCUT2D eigenvalue weighted by Crippen LogP contribution is -2.75.